The molecule has 2 N–H and O–H groups in total. The van der Waals surface area contributed by atoms with E-state index in [4.69, 9.17) is 0 Å². The van der Waals surface area contributed by atoms with E-state index >= 15 is 0 Å². The number of urea groups is 1. The van der Waals surface area contributed by atoms with Gasteiger partial charge in [-0.3, -0.25) is 4.79 Å². The minimum absolute atomic E-state index is 0.0368. The summed E-state index contributed by atoms with van der Waals surface area (Å²) in [4.78, 5) is 28.6. The van der Waals surface area contributed by atoms with Crippen molar-refractivity contribution in [2.45, 2.75) is 25.9 Å². The summed E-state index contributed by atoms with van der Waals surface area (Å²) in [6.45, 7) is 3.63. The summed E-state index contributed by atoms with van der Waals surface area (Å²) < 4.78 is 27.3. The van der Waals surface area contributed by atoms with E-state index in [-0.39, 0.29) is 22.8 Å². The third kappa shape index (κ3) is 3.74. The number of pyridine rings is 1. The summed E-state index contributed by atoms with van der Waals surface area (Å²) in [5, 5.41) is 3.21. The van der Waals surface area contributed by atoms with Crippen LogP contribution in [0.3, 0.4) is 0 Å². The lowest BCUT2D eigenvalue weighted by atomic mass is 10.0. The fraction of sp³-hybridized carbons (Fsp3) is 0.238. The lowest BCUT2D eigenvalue weighted by Crippen LogP contribution is -2.40. The Morgan fingerprint density at radius 1 is 1.07 bits per heavy atom. The predicted molar refractivity (Wildman–Crippen MR) is 104 cm³/mol. The fourth-order valence-electron chi connectivity index (χ4n) is 3.11. The minimum Gasteiger partial charge on any atom is -0.331 e. The summed E-state index contributed by atoms with van der Waals surface area (Å²) in [7, 11) is 1.61. The molecule has 2 atom stereocenters. The first kappa shape index (κ1) is 19.5. The van der Waals surface area contributed by atoms with E-state index in [1.165, 1.54) is 11.1 Å². The number of H-pyrrole nitrogens is 1. The highest BCUT2D eigenvalue weighted by Gasteiger charge is 2.22. The third-order valence-electron chi connectivity index (χ3n) is 4.97. The first-order chi connectivity index (χ1) is 13.3. The SMILES string of the molecule is C[C@H](NC(=O)N(C)[C@H](C)c1c[nH]c(=O)c2cc(F)c(F)cc12)c1ccccc1. The molecule has 28 heavy (non-hydrogen) atoms. The zero-order chi connectivity index (χ0) is 20.4. The molecule has 0 unspecified atom stereocenters. The fourth-order valence-corrected chi connectivity index (χ4v) is 3.11. The number of benzene rings is 2. The smallest absolute Gasteiger partial charge is 0.318 e. The van der Waals surface area contributed by atoms with E-state index in [1.807, 2.05) is 37.3 Å². The van der Waals surface area contributed by atoms with Gasteiger partial charge in [-0.25, -0.2) is 13.6 Å². The largest absolute Gasteiger partial charge is 0.331 e. The molecule has 0 aliphatic carbocycles. The Morgan fingerprint density at radius 3 is 2.32 bits per heavy atom. The second kappa shape index (κ2) is 7.80. The molecule has 5 nitrogen and oxygen atoms in total. The van der Waals surface area contributed by atoms with Crippen molar-refractivity contribution in [1.29, 1.82) is 0 Å². The van der Waals surface area contributed by atoms with Crippen molar-refractivity contribution in [2.75, 3.05) is 7.05 Å². The number of rotatable bonds is 4. The molecule has 3 rings (SSSR count). The molecule has 7 heteroatoms. The number of nitrogens with zero attached hydrogens (tertiary/aromatic N) is 1. The van der Waals surface area contributed by atoms with Crippen LogP contribution in [0.2, 0.25) is 0 Å². The Balaban J connectivity index is 1.88. The Labute approximate surface area is 161 Å². The molecule has 0 bridgehead atoms. The summed E-state index contributed by atoms with van der Waals surface area (Å²) >= 11 is 0. The number of halogens is 2. The minimum atomic E-state index is -1.09. The van der Waals surface area contributed by atoms with E-state index in [0.717, 1.165) is 17.7 Å². The highest BCUT2D eigenvalue weighted by atomic mass is 19.2. The topological polar surface area (TPSA) is 65.2 Å². The Bertz CT molecular complexity index is 1070. The van der Waals surface area contributed by atoms with Gasteiger partial charge in [0.25, 0.3) is 5.56 Å². The molecule has 2 amide bonds. The van der Waals surface area contributed by atoms with Crippen molar-refractivity contribution < 1.29 is 13.6 Å². The van der Waals surface area contributed by atoms with Crippen LogP contribution in [-0.4, -0.2) is 23.0 Å². The number of aromatic amines is 1. The number of carbonyl (C=O) groups is 1. The molecular weight excluding hydrogens is 364 g/mol. The average Bonchev–Trinajstić information content (AvgIpc) is 2.69. The molecule has 0 saturated carbocycles. The van der Waals surface area contributed by atoms with Crippen LogP contribution in [0.5, 0.6) is 0 Å². The van der Waals surface area contributed by atoms with Gasteiger partial charge in [0.2, 0.25) is 0 Å². The van der Waals surface area contributed by atoms with Crippen molar-refractivity contribution in [1.82, 2.24) is 15.2 Å². The maximum atomic E-state index is 13.8. The average molecular weight is 385 g/mol. The standard InChI is InChI=1S/C21H21F2N3O2/c1-12(14-7-5-4-6-8-14)25-21(28)26(3)13(2)17-11-24-20(27)16-10-19(23)18(22)9-15(16)17/h4-13H,1-3H3,(H,24,27)(H,25,28)/t12-,13+/m0/s1. The van der Waals surface area contributed by atoms with Gasteiger partial charge in [-0.05, 0) is 42.5 Å². The molecule has 2 aromatic carbocycles. The molecule has 1 heterocycles. The molecular formula is C21H21F2N3O2. The first-order valence-corrected chi connectivity index (χ1v) is 8.88. The van der Waals surface area contributed by atoms with Crippen LogP contribution >= 0.6 is 0 Å². The number of hydrogen-bond acceptors (Lipinski definition) is 2. The van der Waals surface area contributed by atoms with Gasteiger partial charge in [0.05, 0.1) is 17.5 Å². The second-order valence-electron chi connectivity index (χ2n) is 6.75. The van der Waals surface area contributed by atoms with Gasteiger partial charge in [-0.2, -0.15) is 0 Å². The van der Waals surface area contributed by atoms with Gasteiger partial charge in [0.1, 0.15) is 0 Å². The normalized spacial score (nSPS) is 13.2. The van der Waals surface area contributed by atoms with Crippen molar-refractivity contribution in [3.8, 4) is 0 Å². The molecule has 0 saturated heterocycles. The Hall–Kier alpha value is -3.22. The predicted octanol–water partition coefficient (Wildman–Crippen LogP) is 4.27. The maximum Gasteiger partial charge on any atom is 0.318 e. The Kier molecular flexibility index (Phi) is 5.44. The monoisotopic (exact) mass is 385 g/mol. The number of aromatic nitrogens is 1. The van der Waals surface area contributed by atoms with Crippen molar-refractivity contribution in [3.63, 3.8) is 0 Å². The van der Waals surface area contributed by atoms with Gasteiger partial charge >= 0.3 is 6.03 Å². The molecule has 0 aliphatic rings. The quantitative estimate of drug-likeness (QED) is 0.704. The molecule has 146 valence electrons. The maximum absolute atomic E-state index is 13.8. The molecule has 0 fully saturated rings. The van der Waals surface area contributed by atoms with Crippen LogP contribution in [-0.2, 0) is 0 Å². The highest BCUT2D eigenvalue weighted by molar-refractivity contribution is 5.86. The van der Waals surface area contributed by atoms with Crippen LogP contribution in [0.1, 0.15) is 37.1 Å². The summed E-state index contributed by atoms with van der Waals surface area (Å²) in [5.74, 6) is -2.14. The van der Waals surface area contributed by atoms with Crippen LogP contribution in [0.15, 0.2) is 53.5 Å². The lowest BCUT2D eigenvalue weighted by Gasteiger charge is -2.28. The number of nitrogens with one attached hydrogen (secondary N) is 2. The zero-order valence-electron chi connectivity index (χ0n) is 15.8. The lowest BCUT2D eigenvalue weighted by molar-refractivity contribution is 0.191. The number of hydrogen-bond donors (Lipinski definition) is 2. The van der Waals surface area contributed by atoms with Gasteiger partial charge in [-0.15, -0.1) is 0 Å². The van der Waals surface area contributed by atoms with E-state index < -0.39 is 23.2 Å². The highest BCUT2D eigenvalue weighted by Crippen LogP contribution is 2.27. The van der Waals surface area contributed by atoms with Gasteiger partial charge in [0.15, 0.2) is 11.6 Å². The van der Waals surface area contributed by atoms with Gasteiger partial charge in [-0.1, -0.05) is 30.3 Å². The molecule has 1 aromatic heterocycles. The van der Waals surface area contributed by atoms with Crippen molar-refractivity contribution in [2.24, 2.45) is 0 Å². The van der Waals surface area contributed by atoms with Crippen LogP contribution in [0, 0.1) is 11.6 Å². The zero-order valence-corrected chi connectivity index (χ0v) is 15.8. The molecule has 3 aromatic rings. The first-order valence-electron chi connectivity index (χ1n) is 8.88. The van der Waals surface area contributed by atoms with E-state index in [1.54, 1.807) is 14.0 Å². The van der Waals surface area contributed by atoms with E-state index in [9.17, 15) is 18.4 Å². The van der Waals surface area contributed by atoms with E-state index in [2.05, 4.69) is 10.3 Å². The molecule has 0 radical (unpaired) electrons. The van der Waals surface area contributed by atoms with Crippen LogP contribution in [0.25, 0.3) is 10.8 Å². The van der Waals surface area contributed by atoms with Crippen molar-refractivity contribution in [3.05, 3.63) is 81.8 Å². The van der Waals surface area contributed by atoms with Gasteiger partial charge < -0.3 is 15.2 Å². The van der Waals surface area contributed by atoms with Crippen LogP contribution in [0.4, 0.5) is 13.6 Å². The summed E-state index contributed by atoms with van der Waals surface area (Å²) in [6.07, 6.45) is 1.43. The number of carbonyl (C=O) groups excluding carboxylic acids is 1. The van der Waals surface area contributed by atoms with E-state index in [0.29, 0.717) is 5.56 Å². The summed E-state index contributed by atoms with van der Waals surface area (Å²) in [5.41, 5.74) is 0.956. The molecule has 0 aliphatic heterocycles. The second-order valence-corrected chi connectivity index (χ2v) is 6.75. The Morgan fingerprint density at radius 2 is 1.68 bits per heavy atom. The van der Waals surface area contributed by atoms with Crippen LogP contribution < -0.4 is 10.9 Å². The van der Waals surface area contributed by atoms with Gasteiger partial charge in [0, 0.05) is 13.2 Å². The van der Waals surface area contributed by atoms with Crippen molar-refractivity contribution >= 4 is 16.8 Å². The number of fused-ring (bicyclic) bond motifs is 1. The third-order valence-corrected chi connectivity index (χ3v) is 4.97. The number of amides is 2. The summed E-state index contributed by atoms with van der Waals surface area (Å²) in [6, 6.07) is 10.4. The molecule has 0 spiro atoms.